The molecule has 0 aliphatic heterocycles. The first-order valence-corrected chi connectivity index (χ1v) is 11.3. The fourth-order valence-electron chi connectivity index (χ4n) is 4.37. The zero-order valence-corrected chi connectivity index (χ0v) is 18.8. The highest BCUT2D eigenvalue weighted by molar-refractivity contribution is 5.88. The minimum Gasteiger partial charge on any atom is -0.493 e. The van der Waals surface area contributed by atoms with Gasteiger partial charge in [-0.2, -0.15) is 0 Å². The number of imidazole rings is 1. The number of hydrogen-bond acceptors (Lipinski definition) is 6. The zero-order chi connectivity index (χ0) is 22.8. The van der Waals surface area contributed by atoms with Crippen molar-refractivity contribution in [3.63, 3.8) is 0 Å². The van der Waals surface area contributed by atoms with E-state index in [0.29, 0.717) is 17.5 Å². The van der Waals surface area contributed by atoms with Gasteiger partial charge in [0.2, 0.25) is 5.76 Å². The van der Waals surface area contributed by atoms with Crippen molar-refractivity contribution in [1.82, 2.24) is 9.38 Å². The molecule has 1 aromatic carbocycles. The quantitative estimate of drug-likeness (QED) is 0.295. The van der Waals surface area contributed by atoms with Gasteiger partial charge in [0.25, 0.3) is 0 Å². The SMILES string of the molecule is COc1cc(-c2nc3cc(C)ccn3c2NC2CCCCC2)ccc1OC(=O)c1ccco1. The Morgan fingerprint density at radius 1 is 1.12 bits per heavy atom. The lowest BCUT2D eigenvalue weighted by Crippen LogP contribution is -2.23. The summed E-state index contributed by atoms with van der Waals surface area (Å²) in [6, 6.07) is 13.3. The molecule has 7 heteroatoms. The van der Waals surface area contributed by atoms with Crippen molar-refractivity contribution in [2.75, 3.05) is 12.4 Å². The highest BCUT2D eigenvalue weighted by Gasteiger charge is 2.21. The normalized spacial score (nSPS) is 14.4. The van der Waals surface area contributed by atoms with Crippen molar-refractivity contribution in [1.29, 1.82) is 0 Å². The van der Waals surface area contributed by atoms with Crippen LogP contribution in [0.1, 0.15) is 48.2 Å². The maximum Gasteiger partial charge on any atom is 0.379 e. The molecular formula is C26H27N3O4. The van der Waals surface area contributed by atoms with Crippen LogP contribution in [0, 0.1) is 6.92 Å². The molecule has 0 atom stereocenters. The third-order valence-corrected chi connectivity index (χ3v) is 6.09. The number of aromatic nitrogens is 2. The topological polar surface area (TPSA) is 78.0 Å². The fourth-order valence-corrected chi connectivity index (χ4v) is 4.37. The molecule has 0 amide bonds. The van der Waals surface area contributed by atoms with E-state index in [0.717, 1.165) is 41.1 Å². The first kappa shape index (κ1) is 21.1. The summed E-state index contributed by atoms with van der Waals surface area (Å²) in [4.78, 5) is 17.3. The highest BCUT2D eigenvalue weighted by atomic mass is 16.6. The maximum absolute atomic E-state index is 12.3. The summed E-state index contributed by atoms with van der Waals surface area (Å²) in [5, 5.41) is 3.76. The van der Waals surface area contributed by atoms with E-state index in [2.05, 4.69) is 35.0 Å². The standard InChI is InChI=1S/C26H27N3O4/c1-17-12-13-29-23(15-17)28-24(25(29)27-19-7-4-3-5-8-19)18-10-11-20(22(16-18)31-2)33-26(30)21-9-6-14-32-21/h6,9-16,19,27H,3-5,7-8H2,1-2H3. The molecule has 5 rings (SSSR count). The van der Waals surface area contributed by atoms with Gasteiger partial charge in [0.05, 0.1) is 13.4 Å². The molecule has 4 aromatic rings. The number of pyridine rings is 1. The summed E-state index contributed by atoms with van der Waals surface area (Å²) in [6.45, 7) is 2.06. The van der Waals surface area contributed by atoms with E-state index in [-0.39, 0.29) is 5.76 Å². The number of nitrogens with zero attached hydrogens (tertiary/aromatic N) is 2. The molecule has 0 unspecified atom stereocenters. The molecule has 1 N–H and O–H groups in total. The van der Waals surface area contributed by atoms with E-state index in [1.807, 2.05) is 12.1 Å². The number of anilines is 1. The van der Waals surface area contributed by atoms with Gasteiger partial charge in [-0.05, 0) is 67.8 Å². The number of rotatable bonds is 6. The van der Waals surface area contributed by atoms with E-state index in [4.69, 9.17) is 18.9 Å². The molecule has 1 aliphatic carbocycles. The maximum atomic E-state index is 12.3. The predicted octanol–water partition coefficient (Wildman–Crippen LogP) is 5.88. The van der Waals surface area contributed by atoms with E-state index in [1.165, 1.54) is 25.5 Å². The molecule has 0 spiro atoms. The van der Waals surface area contributed by atoms with Gasteiger partial charge in [0.1, 0.15) is 17.2 Å². The summed E-state index contributed by atoms with van der Waals surface area (Å²) in [5.74, 6) is 1.30. The molecule has 170 valence electrons. The number of nitrogens with one attached hydrogen (secondary N) is 1. The Hall–Kier alpha value is -3.74. The monoisotopic (exact) mass is 445 g/mol. The van der Waals surface area contributed by atoms with Crippen LogP contribution in [-0.2, 0) is 0 Å². The number of hydrogen-bond donors (Lipinski definition) is 1. The Bertz CT molecular complexity index is 1270. The van der Waals surface area contributed by atoms with Gasteiger partial charge < -0.3 is 19.2 Å². The second-order valence-corrected chi connectivity index (χ2v) is 8.45. The number of ether oxygens (including phenoxy) is 2. The largest absolute Gasteiger partial charge is 0.493 e. The molecule has 0 saturated heterocycles. The first-order valence-electron chi connectivity index (χ1n) is 11.3. The zero-order valence-electron chi connectivity index (χ0n) is 18.8. The third-order valence-electron chi connectivity index (χ3n) is 6.09. The number of fused-ring (bicyclic) bond motifs is 1. The second kappa shape index (κ2) is 9.02. The Morgan fingerprint density at radius 2 is 1.97 bits per heavy atom. The van der Waals surface area contributed by atoms with Crippen LogP contribution >= 0.6 is 0 Å². The van der Waals surface area contributed by atoms with Gasteiger partial charge in [0, 0.05) is 17.8 Å². The van der Waals surface area contributed by atoms with Crippen molar-refractivity contribution >= 4 is 17.4 Å². The molecule has 0 radical (unpaired) electrons. The lowest BCUT2D eigenvalue weighted by atomic mass is 9.95. The number of furan rings is 1. The van der Waals surface area contributed by atoms with Gasteiger partial charge in [-0.15, -0.1) is 0 Å². The van der Waals surface area contributed by atoms with Crippen molar-refractivity contribution in [2.45, 2.75) is 45.1 Å². The van der Waals surface area contributed by atoms with Gasteiger partial charge in [0.15, 0.2) is 11.5 Å². The summed E-state index contributed by atoms with van der Waals surface area (Å²) in [6.07, 6.45) is 9.59. The predicted molar refractivity (Wildman–Crippen MR) is 126 cm³/mol. The van der Waals surface area contributed by atoms with E-state index in [9.17, 15) is 4.79 Å². The molecule has 1 saturated carbocycles. The van der Waals surface area contributed by atoms with Crippen LogP contribution in [0.5, 0.6) is 11.5 Å². The average Bonchev–Trinajstić information content (AvgIpc) is 3.49. The van der Waals surface area contributed by atoms with Gasteiger partial charge >= 0.3 is 5.97 Å². The molecule has 1 fully saturated rings. The van der Waals surface area contributed by atoms with Gasteiger partial charge in [-0.1, -0.05) is 19.3 Å². The van der Waals surface area contributed by atoms with Crippen LogP contribution in [0.25, 0.3) is 16.9 Å². The minimum atomic E-state index is -0.575. The lowest BCUT2D eigenvalue weighted by Gasteiger charge is -2.24. The summed E-state index contributed by atoms with van der Waals surface area (Å²) < 4.78 is 18.3. The Balaban J connectivity index is 1.52. The minimum absolute atomic E-state index is 0.135. The van der Waals surface area contributed by atoms with Crippen LogP contribution in [0.2, 0.25) is 0 Å². The molecule has 0 bridgehead atoms. The van der Waals surface area contributed by atoms with Crippen LogP contribution in [0.3, 0.4) is 0 Å². The number of esters is 1. The molecule has 7 nitrogen and oxygen atoms in total. The Labute approximate surface area is 192 Å². The summed E-state index contributed by atoms with van der Waals surface area (Å²) in [5.41, 5.74) is 3.76. The Kier molecular flexibility index (Phi) is 5.77. The smallest absolute Gasteiger partial charge is 0.379 e. The van der Waals surface area contributed by atoms with E-state index in [1.54, 1.807) is 25.3 Å². The number of benzene rings is 1. The molecule has 3 heterocycles. The number of methoxy groups -OCH3 is 1. The third kappa shape index (κ3) is 4.31. The van der Waals surface area contributed by atoms with Crippen LogP contribution in [-0.4, -0.2) is 28.5 Å². The first-order chi connectivity index (χ1) is 16.1. The highest BCUT2D eigenvalue weighted by Crippen LogP contribution is 2.37. The lowest BCUT2D eigenvalue weighted by molar-refractivity contribution is 0.0696. The Morgan fingerprint density at radius 3 is 2.73 bits per heavy atom. The van der Waals surface area contributed by atoms with Crippen LogP contribution in [0.15, 0.2) is 59.3 Å². The van der Waals surface area contributed by atoms with Crippen molar-refractivity contribution < 1.29 is 18.7 Å². The average molecular weight is 446 g/mol. The van der Waals surface area contributed by atoms with Gasteiger partial charge in [-0.3, -0.25) is 4.40 Å². The van der Waals surface area contributed by atoms with Crippen molar-refractivity contribution in [3.8, 4) is 22.8 Å². The van der Waals surface area contributed by atoms with Crippen molar-refractivity contribution in [3.05, 3.63) is 66.2 Å². The van der Waals surface area contributed by atoms with Crippen molar-refractivity contribution in [2.24, 2.45) is 0 Å². The molecule has 3 aromatic heterocycles. The van der Waals surface area contributed by atoms with Gasteiger partial charge in [-0.25, -0.2) is 9.78 Å². The second-order valence-electron chi connectivity index (χ2n) is 8.45. The molecule has 33 heavy (non-hydrogen) atoms. The van der Waals surface area contributed by atoms with E-state index < -0.39 is 5.97 Å². The number of carbonyl (C=O) groups is 1. The summed E-state index contributed by atoms with van der Waals surface area (Å²) >= 11 is 0. The number of aryl methyl sites for hydroxylation is 1. The summed E-state index contributed by atoms with van der Waals surface area (Å²) in [7, 11) is 1.55. The number of carbonyl (C=O) groups excluding carboxylic acids is 1. The van der Waals surface area contributed by atoms with Crippen LogP contribution in [0.4, 0.5) is 5.82 Å². The van der Waals surface area contributed by atoms with Crippen LogP contribution < -0.4 is 14.8 Å². The molecule has 1 aliphatic rings. The molecular weight excluding hydrogens is 418 g/mol. The fraction of sp³-hybridized carbons (Fsp3) is 0.308. The van der Waals surface area contributed by atoms with E-state index >= 15 is 0 Å².